The highest BCUT2D eigenvalue weighted by Gasteiger charge is 2.16. The second kappa shape index (κ2) is 4.57. The van der Waals surface area contributed by atoms with E-state index in [1.54, 1.807) is 11.8 Å². The highest BCUT2D eigenvalue weighted by molar-refractivity contribution is 8.08. The zero-order valence-electron chi connectivity index (χ0n) is 10.5. The van der Waals surface area contributed by atoms with Crippen molar-refractivity contribution < 1.29 is 0 Å². The van der Waals surface area contributed by atoms with Crippen LogP contribution in [-0.2, 0) is 0 Å². The fourth-order valence-corrected chi connectivity index (χ4v) is 3.23. The third kappa shape index (κ3) is 1.89. The van der Waals surface area contributed by atoms with Crippen molar-refractivity contribution in [1.29, 1.82) is 0 Å². The number of nitrogens with zero attached hydrogens (tertiary/aromatic N) is 1. The Balaban J connectivity index is 3.09. The fraction of sp³-hybridized carbons (Fsp3) is 0.357. The predicted octanol–water partition coefficient (Wildman–Crippen LogP) is 1.56. The van der Waals surface area contributed by atoms with Crippen molar-refractivity contribution in [2.24, 2.45) is 0 Å². The van der Waals surface area contributed by atoms with Gasteiger partial charge in [0.15, 0.2) is 5.43 Å². The molecule has 0 fully saturated rings. The van der Waals surface area contributed by atoms with Gasteiger partial charge in [0.25, 0.3) is 0 Å². The summed E-state index contributed by atoms with van der Waals surface area (Å²) in [5.74, 6) is 1.03. The van der Waals surface area contributed by atoms with Crippen LogP contribution in [-0.4, -0.2) is 10.3 Å². The van der Waals surface area contributed by atoms with Crippen LogP contribution < -0.4 is 16.0 Å². The summed E-state index contributed by atoms with van der Waals surface area (Å²) in [6, 6.07) is 0.414. The smallest absolute Gasteiger partial charge is 0.191 e. The van der Waals surface area contributed by atoms with Crippen molar-refractivity contribution in [3.63, 3.8) is 0 Å². The molecule has 17 heavy (non-hydrogen) atoms. The SMILES string of the molecule is C=CC1=c2/c(=C\C)c(=O)c(C)cn2C(C)CS1. The molecule has 0 N–H and O–H groups in total. The summed E-state index contributed by atoms with van der Waals surface area (Å²) >= 11 is 1.78. The van der Waals surface area contributed by atoms with E-state index in [1.165, 1.54) is 0 Å². The van der Waals surface area contributed by atoms with E-state index < -0.39 is 0 Å². The molecule has 1 atom stereocenters. The lowest BCUT2D eigenvalue weighted by atomic mass is 10.2. The molecule has 2 nitrogen and oxygen atoms in total. The van der Waals surface area contributed by atoms with Gasteiger partial charge in [-0.15, -0.1) is 11.8 Å². The average molecular weight is 247 g/mol. The molecular formula is C14H17NOS. The topological polar surface area (TPSA) is 22.0 Å². The van der Waals surface area contributed by atoms with Gasteiger partial charge in [-0.2, -0.15) is 0 Å². The molecule has 0 saturated carbocycles. The summed E-state index contributed by atoms with van der Waals surface area (Å²) in [6.45, 7) is 9.83. The Morgan fingerprint density at radius 2 is 2.29 bits per heavy atom. The molecule has 0 bridgehead atoms. The van der Waals surface area contributed by atoms with Gasteiger partial charge in [-0.05, 0) is 20.8 Å². The predicted molar refractivity (Wildman–Crippen MR) is 75.6 cm³/mol. The molecule has 0 radical (unpaired) electrons. The minimum Gasteiger partial charge on any atom is -0.342 e. The van der Waals surface area contributed by atoms with E-state index in [0.717, 1.165) is 26.8 Å². The largest absolute Gasteiger partial charge is 0.342 e. The van der Waals surface area contributed by atoms with E-state index in [1.807, 2.05) is 32.2 Å². The number of hydrogen-bond acceptors (Lipinski definition) is 2. The minimum absolute atomic E-state index is 0.132. The number of fused-ring (bicyclic) bond motifs is 1. The summed E-state index contributed by atoms with van der Waals surface area (Å²) in [5.41, 5.74) is 0.941. The molecule has 0 aromatic carbocycles. The quantitative estimate of drug-likeness (QED) is 0.751. The number of aromatic nitrogens is 1. The summed E-state index contributed by atoms with van der Waals surface area (Å²) in [7, 11) is 0. The van der Waals surface area contributed by atoms with Crippen molar-refractivity contribution in [3.8, 4) is 0 Å². The molecule has 0 amide bonds. The highest BCUT2D eigenvalue weighted by Crippen LogP contribution is 2.24. The lowest BCUT2D eigenvalue weighted by molar-refractivity contribution is 0.579. The Hall–Kier alpha value is -1.22. The van der Waals surface area contributed by atoms with E-state index in [2.05, 4.69) is 18.1 Å². The number of rotatable bonds is 1. The molecule has 0 spiro atoms. The molecule has 90 valence electrons. The van der Waals surface area contributed by atoms with Crippen molar-refractivity contribution in [2.45, 2.75) is 26.8 Å². The summed E-state index contributed by atoms with van der Waals surface area (Å²) < 4.78 is 2.21. The summed E-state index contributed by atoms with van der Waals surface area (Å²) in [4.78, 5) is 13.2. The summed E-state index contributed by atoms with van der Waals surface area (Å²) in [5, 5.41) is 1.83. The van der Waals surface area contributed by atoms with Crippen LogP contribution >= 0.6 is 11.8 Å². The molecule has 3 heteroatoms. The van der Waals surface area contributed by atoms with Gasteiger partial charge in [0, 0.05) is 33.7 Å². The molecule has 1 aromatic heterocycles. The Morgan fingerprint density at radius 1 is 1.59 bits per heavy atom. The van der Waals surface area contributed by atoms with Crippen LogP contribution in [0.1, 0.15) is 25.5 Å². The Bertz CT molecular complexity index is 639. The zero-order valence-corrected chi connectivity index (χ0v) is 11.3. The molecule has 1 unspecified atom stereocenters. The van der Waals surface area contributed by atoms with E-state index >= 15 is 0 Å². The maximum absolute atomic E-state index is 12.1. The van der Waals surface area contributed by atoms with Gasteiger partial charge in [0.1, 0.15) is 0 Å². The van der Waals surface area contributed by atoms with Crippen LogP contribution in [0.2, 0.25) is 0 Å². The first-order valence-electron chi connectivity index (χ1n) is 5.77. The van der Waals surface area contributed by atoms with E-state index in [9.17, 15) is 4.79 Å². The minimum atomic E-state index is 0.132. The molecular weight excluding hydrogens is 230 g/mol. The lowest BCUT2D eigenvalue weighted by Gasteiger charge is -2.24. The van der Waals surface area contributed by atoms with Crippen LogP contribution in [0.25, 0.3) is 11.0 Å². The van der Waals surface area contributed by atoms with Crippen LogP contribution in [0.4, 0.5) is 0 Å². The highest BCUT2D eigenvalue weighted by atomic mass is 32.2. The van der Waals surface area contributed by atoms with Crippen LogP contribution in [0.5, 0.6) is 0 Å². The first-order valence-corrected chi connectivity index (χ1v) is 6.76. The molecule has 2 rings (SSSR count). The van der Waals surface area contributed by atoms with Gasteiger partial charge in [0.2, 0.25) is 0 Å². The Labute approximate surface area is 105 Å². The molecule has 2 heterocycles. The van der Waals surface area contributed by atoms with Crippen LogP contribution in [0.3, 0.4) is 0 Å². The van der Waals surface area contributed by atoms with Gasteiger partial charge < -0.3 is 4.57 Å². The zero-order chi connectivity index (χ0) is 12.6. The third-order valence-corrected chi connectivity index (χ3v) is 4.43. The van der Waals surface area contributed by atoms with E-state index in [4.69, 9.17) is 0 Å². The maximum Gasteiger partial charge on any atom is 0.191 e. The first-order chi connectivity index (χ1) is 8.10. The Kier molecular flexibility index (Phi) is 3.29. The summed E-state index contributed by atoms with van der Waals surface area (Å²) in [6.07, 6.45) is 5.73. The fourth-order valence-electron chi connectivity index (χ4n) is 2.18. The van der Waals surface area contributed by atoms with Crippen LogP contribution in [0, 0.1) is 6.92 Å². The van der Waals surface area contributed by atoms with Gasteiger partial charge in [-0.3, -0.25) is 4.79 Å². The monoisotopic (exact) mass is 247 g/mol. The Morgan fingerprint density at radius 3 is 2.88 bits per heavy atom. The number of thioether (sulfide) groups is 1. The van der Waals surface area contributed by atoms with Gasteiger partial charge in [-0.1, -0.05) is 18.7 Å². The van der Waals surface area contributed by atoms with Crippen molar-refractivity contribution in [1.82, 2.24) is 4.57 Å². The normalized spacial score (nSPS) is 20.3. The van der Waals surface area contributed by atoms with Gasteiger partial charge in [-0.25, -0.2) is 0 Å². The number of pyridine rings is 1. The number of aryl methyl sites for hydroxylation is 1. The van der Waals surface area contributed by atoms with Crippen molar-refractivity contribution in [2.75, 3.05) is 5.75 Å². The molecule has 0 saturated heterocycles. The molecule has 1 aliphatic heterocycles. The first kappa shape index (κ1) is 12.2. The van der Waals surface area contributed by atoms with Gasteiger partial charge in [0.05, 0.1) is 5.35 Å². The molecule has 1 aromatic rings. The standard InChI is InChI=1S/C14H17NOS/c1-5-11-13-12(6-2)17-8-10(4)15(13)7-9(3)14(11)16/h5-7,10H,2,8H2,1,3-4H3/b11-5+. The van der Waals surface area contributed by atoms with E-state index in [-0.39, 0.29) is 5.43 Å². The van der Waals surface area contributed by atoms with Crippen LogP contribution in [0.15, 0.2) is 23.6 Å². The molecule has 0 aliphatic carbocycles. The second-order valence-electron chi connectivity index (χ2n) is 4.33. The van der Waals surface area contributed by atoms with Gasteiger partial charge >= 0.3 is 0 Å². The maximum atomic E-state index is 12.1. The second-order valence-corrected chi connectivity index (χ2v) is 5.39. The van der Waals surface area contributed by atoms with Crippen molar-refractivity contribution >= 4 is 22.7 Å². The van der Waals surface area contributed by atoms with E-state index in [0.29, 0.717) is 6.04 Å². The lowest BCUT2D eigenvalue weighted by Crippen LogP contribution is -2.49. The number of hydrogen-bond donors (Lipinski definition) is 0. The third-order valence-electron chi connectivity index (χ3n) is 3.11. The van der Waals surface area contributed by atoms with Crippen molar-refractivity contribution in [3.05, 3.63) is 45.2 Å². The molecule has 1 aliphatic rings. The average Bonchev–Trinajstić information content (AvgIpc) is 2.33.